The van der Waals surface area contributed by atoms with Gasteiger partial charge >= 0.3 is 12.4 Å². The maximum Gasteiger partial charge on any atom is 0.416 e. The summed E-state index contributed by atoms with van der Waals surface area (Å²) in [6.45, 7) is 3.01. The standard InChI is InChI=1S/C20H20F6N2/c21-19(22,23)17-7-3-1-5-15(17)13-27-9-11-28(12-10-27)14-16-6-2-4-8-18(16)20(24,25)26/h1-8H,9-14H2/p+2. The van der Waals surface area contributed by atoms with Gasteiger partial charge in [-0.15, -0.1) is 0 Å². The first-order chi connectivity index (χ1) is 13.1. The third-order valence-corrected chi connectivity index (χ3v) is 5.19. The first-order valence-electron chi connectivity index (χ1n) is 9.12. The summed E-state index contributed by atoms with van der Waals surface area (Å²) in [5.74, 6) is 0. The summed E-state index contributed by atoms with van der Waals surface area (Å²) in [6.07, 6.45) is -8.77. The Kier molecular flexibility index (Phi) is 6.00. The molecule has 1 saturated heterocycles. The van der Waals surface area contributed by atoms with Gasteiger partial charge in [-0.25, -0.2) is 0 Å². The van der Waals surface area contributed by atoms with E-state index in [0.29, 0.717) is 26.2 Å². The number of hydrogen-bond donors (Lipinski definition) is 2. The van der Waals surface area contributed by atoms with Gasteiger partial charge in [0.25, 0.3) is 0 Å². The van der Waals surface area contributed by atoms with Crippen LogP contribution in [0.1, 0.15) is 22.3 Å². The van der Waals surface area contributed by atoms with Crippen molar-refractivity contribution in [1.82, 2.24) is 0 Å². The summed E-state index contributed by atoms with van der Waals surface area (Å²) in [4.78, 5) is 2.04. The summed E-state index contributed by atoms with van der Waals surface area (Å²) in [7, 11) is 0. The fraction of sp³-hybridized carbons (Fsp3) is 0.400. The van der Waals surface area contributed by atoms with Gasteiger partial charge in [0.2, 0.25) is 0 Å². The second kappa shape index (κ2) is 8.13. The molecule has 0 unspecified atom stereocenters. The minimum absolute atomic E-state index is 0.260. The molecule has 1 aliphatic rings. The van der Waals surface area contributed by atoms with Gasteiger partial charge in [-0.05, 0) is 12.1 Å². The maximum absolute atomic E-state index is 13.1. The fourth-order valence-electron chi connectivity index (χ4n) is 3.75. The van der Waals surface area contributed by atoms with E-state index < -0.39 is 23.5 Å². The highest BCUT2D eigenvalue weighted by atomic mass is 19.4. The van der Waals surface area contributed by atoms with Crippen LogP contribution in [0, 0.1) is 0 Å². The van der Waals surface area contributed by atoms with E-state index in [0.717, 1.165) is 21.9 Å². The number of hydrogen-bond acceptors (Lipinski definition) is 0. The Morgan fingerprint density at radius 3 is 1.21 bits per heavy atom. The van der Waals surface area contributed by atoms with Gasteiger partial charge in [-0.3, -0.25) is 0 Å². The zero-order valence-electron chi connectivity index (χ0n) is 15.1. The van der Waals surface area contributed by atoms with Crippen LogP contribution in [-0.4, -0.2) is 26.2 Å². The van der Waals surface area contributed by atoms with E-state index >= 15 is 0 Å². The monoisotopic (exact) mass is 404 g/mol. The van der Waals surface area contributed by atoms with Crippen molar-refractivity contribution in [3.05, 3.63) is 70.8 Å². The van der Waals surface area contributed by atoms with E-state index in [2.05, 4.69) is 0 Å². The van der Waals surface area contributed by atoms with Gasteiger partial charge in [0.1, 0.15) is 39.3 Å². The molecule has 0 saturated carbocycles. The normalized spacial score (nSPS) is 20.9. The molecular formula is C20H22F6N2+2. The Hall–Kier alpha value is -2.06. The number of quaternary nitrogens is 2. The highest BCUT2D eigenvalue weighted by Crippen LogP contribution is 2.32. The summed E-state index contributed by atoms with van der Waals surface area (Å²) in [6, 6.07) is 11.1. The summed E-state index contributed by atoms with van der Waals surface area (Å²) < 4.78 is 78.8. The molecule has 0 radical (unpaired) electrons. The van der Waals surface area contributed by atoms with Crippen LogP contribution < -0.4 is 9.80 Å². The largest absolute Gasteiger partial charge is 0.416 e. The summed E-state index contributed by atoms with van der Waals surface area (Å²) in [5, 5.41) is 0. The molecule has 0 aromatic heterocycles. The molecule has 2 aromatic carbocycles. The molecule has 152 valence electrons. The topological polar surface area (TPSA) is 8.88 Å². The average Bonchev–Trinajstić information content (AvgIpc) is 2.62. The van der Waals surface area contributed by atoms with E-state index in [1.54, 1.807) is 12.1 Å². The van der Waals surface area contributed by atoms with E-state index in [1.807, 2.05) is 0 Å². The van der Waals surface area contributed by atoms with Crippen LogP contribution in [0.5, 0.6) is 0 Å². The maximum atomic E-state index is 13.1. The van der Waals surface area contributed by atoms with Crippen molar-refractivity contribution in [2.24, 2.45) is 0 Å². The highest BCUT2D eigenvalue weighted by molar-refractivity contribution is 5.29. The van der Waals surface area contributed by atoms with Crippen LogP contribution in [0.4, 0.5) is 26.3 Å². The number of nitrogens with one attached hydrogen (secondary N) is 2. The minimum atomic E-state index is -4.38. The van der Waals surface area contributed by atoms with Gasteiger partial charge in [-0.2, -0.15) is 26.3 Å². The van der Waals surface area contributed by atoms with Crippen LogP contribution in [-0.2, 0) is 25.4 Å². The van der Waals surface area contributed by atoms with Crippen LogP contribution in [0.15, 0.2) is 48.5 Å². The molecule has 8 heteroatoms. The van der Waals surface area contributed by atoms with Crippen LogP contribution >= 0.6 is 0 Å². The molecule has 0 atom stereocenters. The van der Waals surface area contributed by atoms with Gasteiger partial charge in [0.15, 0.2) is 0 Å². The first-order valence-corrected chi connectivity index (χ1v) is 9.12. The molecule has 1 fully saturated rings. The van der Waals surface area contributed by atoms with Crippen molar-refractivity contribution in [2.75, 3.05) is 26.2 Å². The lowest BCUT2D eigenvalue weighted by Gasteiger charge is -2.30. The van der Waals surface area contributed by atoms with Crippen molar-refractivity contribution < 1.29 is 36.1 Å². The van der Waals surface area contributed by atoms with Crippen molar-refractivity contribution in [1.29, 1.82) is 0 Å². The Balaban J connectivity index is 1.61. The second-order valence-corrected chi connectivity index (χ2v) is 7.16. The number of halogens is 6. The predicted molar refractivity (Wildman–Crippen MR) is 91.7 cm³/mol. The molecule has 2 nitrogen and oxygen atoms in total. The molecule has 3 rings (SSSR count). The zero-order chi connectivity index (χ0) is 20.4. The van der Waals surface area contributed by atoms with Crippen molar-refractivity contribution in [3.8, 4) is 0 Å². The lowest BCUT2D eigenvalue weighted by Crippen LogP contribution is -3.27. The molecule has 0 aliphatic carbocycles. The quantitative estimate of drug-likeness (QED) is 0.724. The van der Waals surface area contributed by atoms with E-state index in [9.17, 15) is 26.3 Å². The second-order valence-electron chi connectivity index (χ2n) is 7.16. The minimum Gasteiger partial charge on any atom is -0.322 e. The van der Waals surface area contributed by atoms with Crippen molar-refractivity contribution >= 4 is 0 Å². The van der Waals surface area contributed by atoms with Gasteiger partial charge in [0, 0.05) is 11.1 Å². The average molecular weight is 404 g/mol. The van der Waals surface area contributed by atoms with Crippen molar-refractivity contribution in [3.63, 3.8) is 0 Å². The molecule has 2 N–H and O–H groups in total. The van der Waals surface area contributed by atoms with Crippen LogP contribution in [0.3, 0.4) is 0 Å². The molecule has 0 spiro atoms. The van der Waals surface area contributed by atoms with E-state index in [1.165, 1.54) is 24.3 Å². The predicted octanol–water partition coefficient (Wildman–Crippen LogP) is 2.21. The Morgan fingerprint density at radius 2 is 0.893 bits per heavy atom. The smallest absolute Gasteiger partial charge is 0.322 e. The molecule has 1 aliphatic heterocycles. The lowest BCUT2D eigenvalue weighted by molar-refractivity contribution is -1.02. The number of piperazine rings is 1. The zero-order valence-corrected chi connectivity index (χ0v) is 15.1. The third kappa shape index (κ3) is 5.05. The summed E-state index contributed by atoms with van der Waals surface area (Å²) in [5.41, 5.74) is -0.709. The highest BCUT2D eigenvalue weighted by Gasteiger charge is 2.36. The van der Waals surface area contributed by atoms with Gasteiger partial charge in [-0.1, -0.05) is 36.4 Å². The Morgan fingerprint density at radius 1 is 0.571 bits per heavy atom. The fourth-order valence-corrected chi connectivity index (χ4v) is 3.75. The van der Waals surface area contributed by atoms with Crippen LogP contribution in [0.25, 0.3) is 0 Å². The summed E-state index contributed by atoms with van der Waals surface area (Å²) >= 11 is 0. The van der Waals surface area contributed by atoms with Crippen molar-refractivity contribution in [2.45, 2.75) is 25.4 Å². The van der Waals surface area contributed by atoms with E-state index in [-0.39, 0.29) is 24.2 Å². The number of alkyl halides is 6. The Labute approximate surface area is 159 Å². The molecule has 0 amide bonds. The van der Waals surface area contributed by atoms with E-state index in [4.69, 9.17) is 0 Å². The van der Waals surface area contributed by atoms with Gasteiger partial charge in [0.05, 0.1) is 11.1 Å². The molecule has 0 bridgehead atoms. The first kappa shape index (κ1) is 20.7. The molecule has 2 aromatic rings. The lowest BCUT2D eigenvalue weighted by atomic mass is 10.1. The number of rotatable bonds is 4. The number of benzene rings is 2. The third-order valence-electron chi connectivity index (χ3n) is 5.19. The molecule has 28 heavy (non-hydrogen) atoms. The SMILES string of the molecule is FC(F)(F)c1ccccc1C[NH+]1CC[NH+](Cc2ccccc2C(F)(F)F)CC1. The molecular weight excluding hydrogens is 382 g/mol. The van der Waals surface area contributed by atoms with Gasteiger partial charge < -0.3 is 9.80 Å². The Bertz CT molecular complexity index is 724. The van der Waals surface area contributed by atoms with Crippen LogP contribution in [0.2, 0.25) is 0 Å². The molecule has 1 heterocycles.